The molecule has 2 aromatic rings. The summed E-state index contributed by atoms with van der Waals surface area (Å²) in [6.07, 6.45) is 6.39. The van der Waals surface area contributed by atoms with Crippen molar-refractivity contribution in [2.75, 3.05) is 17.1 Å². The molecule has 37 heavy (non-hydrogen) atoms. The van der Waals surface area contributed by atoms with Crippen LogP contribution in [0.1, 0.15) is 68.6 Å². The molecule has 2 amide bonds. The monoisotopic (exact) mass is 527 g/mol. The minimum Gasteiger partial charge on any atom is -0.352 e. The third-order valence-electron chi connectivity index (χ3n) is 7.23. The van der Waals surface area contributed by atoms with Crippen molar-refractivity contribution in [3.05, 3.63) is 65.2 Å². The first kappa shape index (κ1) is 28.7. The molecule has 0 aromatic heterocycles. The first-order chi connectivity index (χ1) is 17.6. The molecule has 1 atom stereocenters. The van der Waals surface area contributed by atoms with E-state index in [0.29, 0.717) is 25.1 Å². The number of hydrogen-bond donors (Lipinski definition) is 1. The molecule has 0 radical (unpaired) electrons. The van der Waals surface area contributed by atoms with Gasteiger partial charge in [0, 0.05) is 25.6 Å². The smallest absolute Gasteiger partial charge is 0.243 e. The van der Waals surface area contributed by atoms with Crippen LogP contribution in [0.2, 0.25) is 0 Å². The lowest BCUT2D eigenvalue weighted by Gasteiger charge is -2.32. The van der Waals surface area contributed by atoms with E-state index in [1.807, 2.05) is 63.2 Å². The van der Waals surface area contributed by atoms with Crippen LogP contribution in [0.15, 0.2) is 48.5 Å². The standard InChI is InChI=1S/C29H41N3O4S/c1-5-26(29(34)30-25-16-9-10-17-25)31(21-24-15-8-6-13-22(24)2)28(33)19-12-20-32(37(4,35)36)27-18-11-7-14-23(27)3/h6-8,11,13-15,18,25-26H,5,9-10,12,16-17,19-21H2,1-4H3,(H,30,34)/t26-/m1/s1. The van der Waals surface area contributed by atoms with Crippen LogP contribution in [0.4, 0.5) is 5.69 Å². The molecule has 1 aliphatic rings. The summed E-state index contributed by atoms with van der Waals surface area (Å²) in [5.41, 5.74) is 3.54. The molecule has 7 nitrogen and oxygen atoms in total. The highest BCUT2D eigenvalue weighted by molar-refractivity contribution is 7.92. The SMILES string of the molecule is CC[C@H](C(=O)NC1CCCC1)N(Cc1ccccc1C)C(=O)CCCN(c1ccccc1C)S(C)(=O)=O. The van der Waals surface area contributed by atoms with Crippen molar-refractivity contribution < 1.29 is 18.0 Å². The summed E-state index contributed by atoms with van der Waals surface area (Å²) in [4.78, 5) is 28.6. The molecule has 0 unspecified atom stereocenters. The molecule has 202 valence electrons. The summed E-state index contributed by atoms with van der Waals surface area (Å²) in [6, 6.07) is 14.8. The summed E-state index contributed by atoms with van der Waals surface area (Å²) in [5, 5.41) is 3.17. The van der Waals surface area contributed by atoms with E-state index in [2.05, 4.69) is 5.32 Å². The van der Waals surface area contributed by atoms with Crippen LogP contribution in [-0.4, -0.2) is 50.0 Å². The number of amides is 2. The van der Waals surface area contributed by atoms with E-state index in [1.54, 1.807) is 11.0 Å². The number of carbonyl (C=O) groups excluding carboxylic acids is 2. The zero-order valence-electron chi connectivity index (χ0n) is 22.6. The maximum atomic E-state index is 13.6. The Hall–Kier alpha value is -2.87. The van der Waals surface area contributed by atoms with Crippen molar-refractivity contribution in [2.45, 2.75) is 84.3 Å². The fraction of sp³-hybridized carbons (Fsp3) is 0.517. The molecule has 0 saturated heterocycles. The molecule has 8 heteroatoms. The topological polar surface area (TPSA) is 86.8 Å². The third kappa shape index (κ3) is 7.81. The molecule has 0 aliphatic heterocycles. The van der Waals surface area contributed by atoms with Crippen LogP contribution >= 0.6 is 0 Å². The first-order valence-electron chi connectivity index (χ1n) is 13.3. The predicted molar refractivity (Wildman–Crippen MR) is 149 cm³/mol. The Morgan fingerprint density at radius 2 is 1.62 bits per heavy atom. The zero-order chi connectivity index (χ0) is 27.0. The van der Waals surface area contributed by atoms with E-state index in [9.17, 15) is 18.0 Å². The van der Waals surface area contributed by atoms with Gasteiger partial charge < -0.3 is 10.2 Å². The van der Waals surface area contributed by atoms with Crippen LogP contribution in [0, 0.1) is 13.8 Å². The molecule has 2 aromatic carbocycles. The second-order valence-corrected chi connectivity index (χ2v) is 12.0. The second-order valence-electron chi connectivity index (χ2n) is 10.1. The Balaban J connectivity index is 1.77. The molecule has 1 N–H and O–H groups in total. The van der Waals surface area contributed by atoms with Crippen LogP contribution in [-0.2, 0) is 26.2 Å². The van der Waals surface area contributed by atoms with Crippen molar-refractivity contribution in [3.63, 3.8) is 0 Å². The molecular formula is C29H41N3O4S. The lowest BCUT2D eigenvalue weighted by molar-refractivity contribution is -0.141. The molecule has 1 aliphatic carbocycles. The van der Waals surface area contributed by atoms with Gasteiger partial charge in [-0.3, -0.25) is 13.9 Å². The average Bonchev–Trinajstić information content (AvgIpc) is 3.35. The number of aryl methyl sites for hydroxylation is 2. The Morgan fingerprint density at radius 3 is 2.22 bits per heavy atom. The summed E-state index contributed by atoms with van der Waals surface area (Å²) in [7, 11) is -3.52. The van der Waals surface area contributed by atoms with Gasteiger partial charge in [-0.15, -0.1) is 0 Å². The van der Waals surface area contributed by atoms with Gasteiger partial charge in [0.25, 0.3) is 0 Å². The summed E-state index contributed by atoms with van der Waals surface area (Å²) in [6.45, 7) is 6.34. The van der Waals surface area contributed by atoms with E-state index in [4.69, 9.17) is 0 Å². The number of anilines is 1. The van der Waals surface area contributed by atoms with E-state index < -0.39 is 16.1 Å². The highest BCUT2D eigenvalue weighted by Gasteiger charge is 2.31. The number of rotatable bonds is 12. The molecule has 0 spiro atoms. The maximum absolute atomic E-state index is 13.6. The molecule has 3 rings (SSSR count). The van der Waals surface area contributed by atoms with Crippen LogP contribution in [0.25, 0.3) is 0 Å². The van der Waals surface area contributed by atoms with E-state index >= 15 is 0 Å². The van der Waals surface area contributed by atoms with Gasteiger partial charge >= 0.3 is 0 Å². The molecule has 1 saturated carbocycles. The Labute approximate surface area is 222 Å². The fourth-order valence-electron chi connectivity index (χ4n) is 5.08. The fourth-order valence-corrected chi connectivity index (χ4v) is 6.11. The number of hydrogen-bond acceptors (Lipinski definition) is 4. The minimum absolute atomic E-state index is 0.103. The molecule has 1 fully saturated rings. The summed E-state index contributed by atoms with van der Waals surface area (Å²) >= 11 is 0. The zero-order valence-corrected chi connectivity index (χ0v) is 23.4. The summed E-state index contributed by atoms with van der Waals surface area (Å²) < 4.78 is 26.5. The lowest BCUT2D eigenvalue weighted by atomic mass is 10.0. The predicted octanol–water partition coefficient (Wildman–Crippen LogP) is 4.72. The third-order valence-corrected chi connectivity index (χ3v) is 8.41. The number of sulfonamides is 1. The highest BCUT2D eigenvalue weighted by Crippen LogP contribution is 2.24. The van der Waals surface area contributed by atoms with Gasteiger partial charge in [-0.05, 0) is 62.3 Å². The minimum atomic E-state index is -3.52. The van der Waals surface area contributed by atoms with E-state index in [0.717, 1.165) is 42.4 Å². The largest absolute Gasteiger partial charge is 0.352 e. The Morgan fingerprint density at radius 1 is 1.00 bits per heavy atom. The number of nitrogens with one attached hydrogen (secondary N) is 1. The number of nitrogens with zero attached hydrogens (tertiary/aromatic N) is 2. The van der Waals surface area contributed by atoms with Crippen LogP contribution in [0.3, 0.4) is 0 Å². The van der Waals surface area contributed by atoms with Gasteiger partial charge in [0.05, 0.1) is 11.9 Å². The number of carbonyl (C=O) groups is 2. The van der Waals surface area contributed by atoms with E-state index in [-0.39, 0.29) is 30.8 Å². The molecular weight excluding hydrogens is 486 g/mol. The van der Waals surface area contributed by atoms with Crippen LogP contribution in [0.5, 0.6) is 0 Å². The van der Waals surface area contributed by atoms with Crippen LogP contribution < -0.4 is 9.62 Å². The van der Waals surface area contributed by atoms with Gasteiger partial charge in [-0.25, -0.2) is 8.42 Å². The second kappa shape index (κ2) is 13.1. The van der Waals surface area contributed by atoms with Crippen molar-refractivity contribution in [1.82, 2.24) is 10.2 Å². The Bertz CT molecular complexity index is 1180. The van der Waals surface area contributed by atoms with Gasteiger partial charge in [0.1, 0.15) is 6.04 Å². The molecule has 0 heterocycles. The highest BCUT2D eigenvalue weighted by atomic mass is 32.2. The lowest BCUT2D eigenvalue weighted by Crippen LogP contribution is -2.51. The number of benzene rings is 2. The van der Waals surface area contributed by atoms with Gasteiger partial charge in [0.15, 0.2) is 0 Å². The van der Waals surface area contributed by atoms with Crippen molar-refractivity contribution in [2.24, 2.45) is 0 Å². The summed E-state index contributed by atoms with van der Waals surface area (Å²) in [5.74, 6) is -0.246. The molecule has 0 bridgehead atoms. The first-order valence-corrected chi connectivity index (χ1v) is 15.1. The quantitative estimate of drug-likeness (QED) is 0.433. The van der Waals surface area contributed by atoms with Crippen molar-refractivity contribution in [1.29, 1.82) is 0 Å². The van der Waals surface area contributed by atoms with E-state index in [1.165, 1.54) is 10.6 Å². The Kier molecular flexibility index (Phi) is 10.1. The van der Waals surface area contributed by atoms with Crippen molar-refractivity contribution in [3.8, 4) is 0 Å². The van der Waals surface area contributed by atoms with Gasteiger partial charge in [0.2, 0.25) is 21.8 Å². The van der Waals surface area contributed by atoms with Gasteiger partial charge in [-0.1, -0.05) is 62.2 Å². The average molecular weight is 528 g/mol. The normalized spacial score (nSPS) is 14.8. The number of para-hydroxylation sites is 1. The van der Waals surface area contributed by atoms with Crippen molar-refractivity contribution >= 4 is 27.5 Å². The van der Waals surface area contributed by atoms with Gasteiger partial charge in [-0.2, -0.15) is 0 Å². The maximum Gasteiger partial charge on any atom is 0.243 e.